The molecular formula is C21H19F2N3O3. The van der Waals surface area contributed by atoms with Crippen LogP contribution < -0.4 is 4.74 Å². The first-order valence-electron chi connectivity index (χ1n) is 9.11. The highest BCUT2D eigenvalue weighted by Crippen LogP contribution is 2.39. The third kappa shape index (κ3) is 3.47. The predicted octanol–water partition coefficient (Wildman–Crippen LogP) is 2.89. The van der Waals surface area contributed by atoms with Gasteiger partial charge in [0.15, 0.2) is 5.69 Å². The molecule has 2 heterocycles. The molecule has 1 aliphatic rings. The van der Waals surface area contributed by atoms with Gasteiger partial charge in [-0.15, -0.1) is 0 Å². The fourth-order valence-electron chi connectivity index (χ4n) is 3.53. The van der Waals surface area contributed by atoms with Gasteiger partial charge in [-0.1, -0.05) is 18.2 Å². The Morgan fingerprint density at radius 3 is 2.83 bits per heavy atom. The largest absolute Gasteiger partial charge is 0.488 e. The number of carbonyl (C=O) groups excluding carboxylic acids is 1. The van der Waals surface area contributed by atoms with E-state index in [2.05, 4.69) is 5.10 Å². The van der Waals surface area contributed by atoms with Crippen molar-refractivity contribution in [3.05, 3.63) is 70.9 Å². The maximum absolute atomic E-state index is 14.1. The van der Waals surface area contributed by atoms with E-state index in [4.69, 9.17) is 4.74 Å². The van der Waals surface area contributed by atoms with Crippen molar-refractivity contribution in [3.63, 3.8) is 0 Å². The molecule has 0 fully saturated rings. The Hall–Kier alpha value is -3.26. The molecule has 1 N–H and O–H groups in total. The Labute approximate surface area is 165 Å². The van der Waals surface area contributed by atoms with Crippen LogP contribution in [-0.2, 0) is 20.2 Å². The van der Waals surface area contributed by atoms with E-state index in [9.17, 15) is 18.7 Å². The van der Waals surface area contributed by atoms with Gasteiger partial charge < -0.3 is 14.7 Å². The lowest BCUT2D eigenvalue weighted by atomic mass is 10.0. The minimum atomic E-state index is -0.456. The number of hydrogen-bond donors (Lipinski definition) is 1. The number of ether oxygens (including phenoxy) is 1. The zero-order valence-corrected chi connectivity index (χ0v) is 15.7. The highest BCUT2D eigenvalue weighted by atomic mass is 19.1. The highest BCUT2D eigenvalue weighted by molar-refractivity contribution is 5.96. The van der Waals surface area contributed by atoms with Crippen molar-refractivity contribution in [1.82, 2.24) is 14.7 Å². The van der Waals surface area contributed by atoms with Crippen LogP contribution in [0.1, 0.15) is 21.6 Å². The van der Waals surface area contributed by atoms with E-state index in [1.54, 1.807) is 31.3 Å². The second kappa shape index (κ2) is 7.63. The summed E-state index contributed by atoms with van der Waals surface area (Å²) in [5.74, 6) is -0.795. The zero-order valence-electron chi connectivity index (χ0n) is 15.7. The van der Waals surface area contributed by atoms with Crippen LogP contribution in [0.15, 0.2) is 42.5 Å². The molecular weight excluding hydrogens is 380 g/mol. The molecule has 1 amide bonds. The summed E-state index contributed by atoms with van der Waals surface area (Å²) in [4.78, 5) is 14.5. The predicted molar refractivity (Wildman–Crippen MR) is 101 cm³/mol. The first-order chi connectivity index (χ1) is 14.0. The number of aliphatic hydroxyl groups excluding tert-OH is 1. The number of halogens is 2. The number of nitrogens with zero attached hydrogens (tertiary/aromatic N) is 3. The molecule has 8 heteroatoms. The molecule has 1 aliphatic heterocycles. The van der Waals surface area contributed by atoms with Crippen molar-refractivity contribution >= 4 is 5.91 Å². The lowest BCUT2D eigenvalue weighted by Crippen LogP contribution is -2.34. The van der Waals surface area contributed by atoms with E-state index in [-0.39, 0.29) is 32.0 Å². The molecule has 0 unspecified atom stereocenters. The summed E-state index contributed by atoms with van der Waals surface area (Å²) in [6.07, 6.45) is 0. The molecule has 0 bridgehead atoms. The fraction of sp³-hybridized carbons (Fsp3) is 0.238. The lowest BCUT2D eigenvalue weighted by Gasteiger charge is -2.23. The standard InChI is InChI=1S/C21H19F2N3O3/c1-25-20-15-10-14(22)6-7-18(15)29-12-16(20)19(24-25)21(28)26(8-9-27)11-13-4-2-3-5-17(13)23/h2-7,10,27H,8-9,11-12H2,1H3. The third-order valence-corrected chi connectivity index (χ3v) is 4.89. The van der Waals surface area contributed by atoms with Crippen LogP contribution in [0.4, 0.5) is 8.78 Å². The van der Waals surface area contributed by atoms with Gasteiger partial charge in [-0.25, -0.2) is 8.78 Å². The van der Waals surface area contributed by atoms with Crippen molar-refractivity contribution in [2.45, 2.75) is 13.2 Å². The summed E-state index contributed by atoms with van der Waals surface area (Å²) in [6, 6.07) is 10.3. The summed E-state index contributed by atoms with van der Waals surface area (Å²) in [6.45, 7) is -0.163. The molecule has 1 aromatic heterocycles. The summed E-state index contributed by atoms with van der Waals surface area (Å²) < 4.78 is 35.0. The number of benzene rings is 2. The second-order valence-corrected chi connectivity index (χ2v) is 6.77. The number of carbonyl (C=O) groups is 1. The Morgan fingerprint density at radius 2 is 2.07 bits per heavy atom. The summed E-state index contributed by atoms with van der Waals surface area (Å²) >= 11 is 0. The summed E-state index contributed by atoms with van der Waals surface area (Å²) in [7, 11) is 1.67. The van der Waals surface area contributed by atoms with Crippen LogP contribution in [0.25, 0.3) is 11.3 Å². The number of hydrogen-bond acceptors (Lipinski definition) is 4. The van der Waals surface area contributed by atoms with Gasteiger partial charge in [-0.3, -0.25) is 9.48 Å². The van der Waals surface area contributed by atoms with Crippen LogP contribution in [0.2, 0.25) is 0 Å². The second-order valence-electron chi connectivity index (χ2n) is 6.77. The third-order valence-electron chi connectivity index (χ3n) is 4.89. The number of aromatic nitrogens is 2. The zero-order chi connectivity index (χ0) is 20.5. The van der Waals surface area contributed by atoms with Crippen molar-refractivity contribution in [3.8, 4) is 17.0 Å². The monoisotopic (exact) mass is 399 g/mol. The van der Waals surface area contributed by atoms with Gasteiger partial charge in [0.05, 0.1) is 12.3 Å². The molecule has 0 atom stereocenters. The topological polar surface area (TPSA) is 67.6 Å². The normalized spacial score (nSPS) is 12.1. The Balaban J connectivity index is 1.72. The van der Waals surface area contributed by atoms with Gasteiger partial charge >= 0.3 is 0 Å². The van der Waals surface area contributed by atoms with E-state index in [1.165, 1.54) is 27.8 Å². The Bertz CT molecular complexity index is 1080. The molecule has 0 saturated carbocycles. The number of aliphatic hydroxyl groups is 1. The number of fused-ring (bicyclic) bond motifs is 3. The summed E-state index contributed by atoms with van der Waals surface area (Å²) in [5.41, 5.74) is 2.13. The van der Waals surface area contributed by atoms with E-state index >= 15 is 0 Å². The molecule has 150 valence electrons. The van der Waals surface area contributed by atoms with Crippen LogP contribution in [-0.4, -0.2) is 38.8 Å². The summed E-state index contributed by atoms with van der Waals surface area (Å²) in [5, 5.41) is 13.7. The molecule has 3 aromatic rings. The van der Waals surface area contributed by atoms with Crippen molar-refractivity contribution in [2.24, 2.45) is 7.05 Å². The minimum Gasteiger partial charge on any atom is -0.488 e. The first kappa shape index (κ1) is 19.1. The van der Waals surface area contributed by atoms with Crippen molar-refractivity contribution in [2.75, 3.05) is 13.2 Å². The number of amides is 1. The van der Waals surface area contributed by atoms with E-state index < -0.39 is 17.5 Å². The molecule has 2 aromatic carbocycles. The quantitative estimate of drug-likeness (QED) is 0.717. The van der Waals surface area contributed by atoms with Gasteiger partial charge in [0.1, 0.15) is 24.0 Å². The average Bonchev–Trinajstić information content (AvgIpc) is 3.05. The highest BCUT2D eigenvalue weighted by Gasteiger charge is 2.31. The number of rotatable bonds is 5. The van der Waals surface area contributed by atoms with E-state index in [0.29, 0.717) is 28.1 Å². The average molecular weight is 399 g/mol. The fourth-order valence-corrected chi connectivity index (χ4v) is 3.53. The maximum atomic E-state index is 14.1. The van der Waals surface area contributed by atoms with Crippen molar-refractivity contribution < 1.29 is 23.4 Å². The molecule has 6 nitrogen and oxygen atoms in total. The Morgan fingerprint density at radius 1 is 1.28 bits per heavy atom. The molecule has 0 spiro atoms. The molecule has 29 heavy (non-hydrogen) atoms. The molecule has 0 aliphatic carbocycles. The SMILES string of the molecule is Cn1nc(C(=O)N(CCO)Cc2ccccc2F)c2c1-c1cc(F)ccc1OC2. The van der Waals surface area contributed by atoms with Crippen LogP contribution in [0.5, 0.6) is 5.75 Å². The van der Waals surface area contributed by atoms with Gasteiger partial charge in [-0.2, -0.15) is 5.10 Å². The van der Waals surface area contributed by atoms with E-state index in [1.807, 2.05) is 0 Å². The van der Waals surface area contributed by atoms with Gasteiger partial charge in [0, 0.05) is 36.8 Å². The Kier molecular flexibility index (Phi) is 5.02. The number of aryl methyl sites for hydroxylation is 1. The van der Waals surface area contributed by atoms with Crippen molar-refractivity contribution in [1.29, 1.82) is 0 Å². The van der Waals surface area contributed by atoms with E-state index in [0.717, 1.165) is 0 Å². The molecule has 4 rings (SSSR count). The van der Waals surface area contributed by atoms with Crippen LogP contribution in [0, 0.1) is 11.6 Å². The molecule has 0 radical (unpaired) electrons. The maximum Gasteiger partial charge on any atom is 0.275 e. The van der Waals surface area contributed by atoms with Crippen LogP contribution >= 0.6 is 0 Å². The minimum absolute atomic E-state index is 0.0104. The van der Waals surface area contributed by atoms with Gasteiger partial charge in [-0.05, 0) is 24.3 Å². The smallest absolute Gasteiger partial charge is 0.275 e. The molecule has 0 saturated heterocycles. The van der Waals surface area contributed by atoms with Gasteiger partial charge in [0.2, 0.25) is 0 Å². The van der Waals surface area contributed by atoms with Gasteiger partial charge in [0.25, 0.3) is 5.91 Å². The first-order valence-corrected chi connectivity index (χ1v) is 9.11. The van der Waals surface area contributed by atoms with Crippen LogP contribution in [0.3, 0.4) is 0 Å². The lowest BCUT2D eigenvalue weighted by molar-refractivity contribution is 0.0696.